The fraction of sp³-hybridized carbons (Fsp3) is 0.437. The number of methoxy groups -OCH3 is 1. The molecule has 1 spiro atoms. The number of nitrogens with one attached hydrogen (secondary N) is 1. The average molecular weight is 1180 g/mol. The number of esters is 2. The molecule has 85 heavy (non-hydrogen) atoms. The van der Waals surface area contributed by atoms with Gasteiger partial charge in [-0.15, -0.1) is 0 Å². The van der Waals surface area contributed by atoms with Crippen molar-refractivity contribution in [2.24, 2.45) is 40.9 Å². The molecule has 6 aromatic carbocycles. The summed E-state index contributed by atoms with van der Waals surface area (Å²) in [5.74, 6) is 6.80. The first-order valence-electron chi connectivity index (χ1n) is 30.4. The highest BCUT2D eigenvalue weighted by Crippen LogP contribution is 2.70. The van der Waals surface area contributed by atoms with Crippen LogP contribution in [-0.2, 0) is 48.6 Å². The highest BCUT2D eigenvalue weighted by atomic mass is 33.1. The summed E-state index contributed by atoms with van der Waals surface area (Å²) in [5, 5.41) is 53.2. The fourth-order valence-electron chi connectivity index (χ4n) is 16.6. The van der Waals surface area contributed by atoms with Gasteiger partial charge in [0, 0.05) is 61.8 Å². The maximum absolute atomic E-state index is 16.8. The number of phenols is 3. The van der Waals surface area contributed by atoms with Crippen LogP contribution in [0.25, 0.3) is 28.0 Å². The normalized spacial score (nSPS) is 30.5. The Labute approximate surface area is 505 Å². The van der Waals surface area contributed by atoms with E-state index >= 15 is 4.79 Å². The maximum Gasteiger partial charge on any atom is 0.316 e. The number of carbonyl (C=O) groups is 2. The standard InChI is InChI=1S/C71H75NO11S2/c1-4-80-39-45-14-13-43-21-46-36-70(35-43,51-16-15-48-23-52(74)29-55(54(48)28-51)47-12-8-11-44(22-47)37-72-38-45)69(78)83-53-30-58-56-33-67(81-19-20-84-85-40-46)63(76)26-49(56)24-59-62(75)34-60-57-32-64(77)66(79-3)27-50(57)25-61(65(31-53)82-41(2)73)71(60,68(58)59)18-17-42-9-6-5-7-10-42/h5-12,15-18,22-23,26-29,32-33,43,45-46,53,58-62,65,68,72,74-77H,4,19-21,24-25,30-31,34-40H2,1-3H3. The molecule has 0 amide bonds. The first-order chi connectivity index (χ1) is 41.3. The van der Waals surface area contributed by atoms with E-state index in [-0.39, 0.29) is 71.1 Å². The first-order valence-corrected chi connectivity index (χ1v) is 32.9. The lowest BCUT2D eigenvalue weighted by atomic mass is 9.40. The van der Waals surface area contributed by atoms with Gasteiger partial charge < -0.3 is 49.4 Å². The third-order valence-electron chi connectivity index (χ3n) is 20.0. The summed E-state index contributed by atoms with van der Waals surface area (Å²) >= 11 is 0. The van der Waals surface area contributed by atoms with Crippen molar-refractivity contribution in [2.75, 3.05) is 45.0 Å². The third-order valence-corrected chi connectivity index (χ3v) is 22.5. The summed E-state index contributed by atoms with van der Waals surface area (Å²) in [4.78, 5) is 30.8. The largest absolute Gasteiger partial charge is 0.508 e. The molecule has 13 atom stereocenters. The van der Waals surface area contributed by atoms with Gasteiger partial charge in [-0.3, -0.25) is 9.59 Å². The monoisotopic (exact) mass is 1180 g/mol. The van der Waals surface area contributed by atoms with E-state index in [0.717, 1.165) is 73.0 Å². The van der Waals surface area contributed by atoms with Crippen LogP contribution in [-0.4, -0.2) is 95.7 Å². The van der Waals surface area contributed by atoms with Crippen molar-refractivity contribution in [3.63, 3.8) is 0 Å². The molecule has 0 aromatic heterocycles. The van der Waals surface area contributed by atoms with Crippen molar-refractivity contribution in [2.45, 2.75) is 107 Å². The Morgan fingerprint density at radius 3 is 2.56 bits per heavy atom. The van der Waals surface area contributed by atoms with E-state index in [1.807, 2.05) is 67.6 Å². The number of aliphatic hydroxyl groups excluding tert-OH is 1. The zero-order valence-electron chi connectivity index (χ0n) is 48.5. The fourth-order valence-corrected chi connectivity index (χ4v) is 18.8. The number of ether oxygens (including phenoxy) is 5. The van der Waals surface area contributed by atoms with Crippen LogP contribution in [0.15, 0.2) is 115 Å². The predicted molar refractivity (Wildman–Crippen MR) is 333 cm³/mol. The maximum atomic E-state index is 16.8. The Balaban J connectivity index is 1.03. The van der Waals surface area contributed by atoms with Crippen molar-refractivity contribution in [1.29, 1.82) is 0 Å². The quantitative estimate of drug-likeness (QED) is 0.0580. The molecule has 0 radical (unpaired) electrons. The van der Waals surface area contributed by atoms with Gasteiger partial charge in [0.15, 0.2) is 23.0 Å². The van der Waals surface area contributed by atoms with Gasteiger partial charge in [-0.25, -0.2) is 0 Å². The minimum Gasteiger partial charge on any atom is -0.508 e. The summed E-state index contributed by atoms with van der Waals surface area (Å²) in [6, 6.07) is 36.0. The summed E-state index contributed by atoms with van der Waals surface area (Å²) in [7, 11) is 5.02. The second kappa shape index (κ2) is 23.9. The van der Waals surface area contributed by atoms with Crippen LogP contribution < -0.4 is 14.8 Å². The molecule has 11 bridgehead atoms. The van der Waals surface area contributed by atoms with Crippen LogP contribution in [0, 0.1) is 52.8 Å². The zero-order valence-corrected chi connectivity index (χ0v) is 50.1. The molecule has 2 heterocycles. The number of rotatable bonds is 7. The summed E-state index contributed by atoms with van der Waals surface area (Å²) < 4.78 is 32.6. The van der Waals surface area contributed by atoms with Crippen molar-refractivity contribution in [3.05, 3.63) is 154 Å². The van der Waals surface area contributed by atoms with Crippen LogP contribution >= 0.6 is 21.6 Å². The van der Waals surface area contributed by atoms with Gasteiger partial charge in [0.05, 0.1) is 37.8 Å². The molecule has 3 saturated carbocycles. The number of benzene rings is 6. The van der Waals surface area contributed by atoms with E-state index in [9.17, 15) is 25.2 Å². The molecule has 13 rings (SSSR count). The molecule has 442 valence electrons. The molecule has 3 fully saturated rings. The number of fused-ring (bicyclic) bond motifs is 10. The molecule has 2 aliphatic heterocycles. The van der Waals surface area contributed by atoms with Crippen molar-refractivity contribution < 1.29 is 53.7 Å². The smallest absolute Gasteiger partial charge is 0.316 e. The second-order valence-corrected chi connectivity index (χ2v) is 27.6. The number of hydrogen-bond donors (Lipinski definition) is 5. The third kappa shape index (κ3) is 11.0. The van der Waals surface area contributed by atoms with Crippen LogP contribution in [0.1, 0.15) is 103 Å². The summed E-state index contributed by atoms with van der Waals surface area (Å²) in [6.07, 6.45) is 5.54. The molecule has 14 heteroatoms. The van der Waals surface area contributed by atoms with Gasteiger partial charge in [0.1, 0.15) is 18.0 Å². The Bertz CT molecular complexity index is 3620. The molecule has 12 nitrogen and oxygen atoms in total. The minimum atomic E-state index is -1.21. The Morgan fingerprint density at radius 2 is 1.73 bits per heavy atom. The number of carbonyl (C=O) groups excluding carboxylic acids is 2. The second-order valence-electron chi connectivity index (χ2n) is 24.9. The van der Waals surface area contributed by atoms with Gasteiger partial charge in [-0.05, 0) is 191 Å². The predicted octanol–water partition coefficient (Wildman–Crippen LogP) is 12.4. The van der Waals surface area contributed by atoms with Crippen molar-refractivity contribution in [3.8, 4) is 51.7 Å². The summed E-state index contributed by atoms with van der Waals surface area (Å²) in [5.41, 5.74) is 6.40. The lowest BCUT2D eigenvalue weighted by Crippen LogP contribution is -2.62. The molecule has 6 aromatic rings. The molecule has 0 saturated heterocycles. The van der Waals surface area contributed by atoms with E-state index in [4.69, 9.17) is 23.7 Å². The van der Waals surface area contributed by atoms with Crippen LogP contribution in [0.2, 0.25) is 0 Å². The SMILES string of the molecule is CCOCC1C#CC2CC3CSSCCOc4cc5c(cc4O)CC4C(O)CC6c7cc(O)c(OC)cc7CC7C(OC(C)=O)CC(CC5C4C67C=Cc4ccccc4)OC(=O)C(C2)(C3)c2ccc3cc(O)cc(c3c2)-c2cccc(c2)CNC1. The molecular weight excluding hydrogens is 1110 g/mol. The van der Waals surface area contributed by atoms with Crippen LogP contribution in [0.5, 0.6) is 28.7 Å². The average Bonchev–Trinajstić information content (AvgIpc) is 0.738. The van der Waals surface area contributed by atoms with Gasteiger partial charge in [0.2, 0.25) is 0 Å². The van der Waals surface area contributed by atoms with E-state index < -0.39 is 41.0 Å². The number of hydrogen-bond acceptors (Lipinski definition) is 14. The van der Waals surface area contributed by atoms with E-state index in [2.05, 4.69) is 71.8 Å². The van der Waals surface area contributed by atoms with Crippen LogP contribution in [0.4, 0.5) is 0 Å². The molecule has 13 unspecified atom stereocenters. The summed E-state index contributed by atoms with van der Waals surface area (Å²) in [6.45, 7) is 6.03. The Morgan fingerprint density at radius 1 is 0.871 bits per heavy atom. The van der Waals surface area contributed by atoms with Gasteiger partial charge in [-0.1, -0.05) is 106 Å². The van der Waals surface area contributed by atoms with Gasteiger partial charge in [-0.2, -0.15) is 0 Å². The molecular formula is C71H75NO11S2. The Kier molecular flexibility index (Phi) is 16.2. The topological polar surface area (TPSA) is 173 Å². The van der Waals surface area contributed by atoms with E-state index in [1.54, 1.807) is 27.7 Å². The molecule has 7 aliphatic rings. The lowest BCUT2D eigenvalue weighted by Gasteiger charge is -2.64. The van der Waals surface area contributed by atoms with Crippen molar-refractivity contribution >= 4 is 50.4 Å². The van der Waals surface area contributed by atoms with E-state index in [1.165, 1.54) is 14.0 Å². The molecule has 5 N–H and O–H groups in total. The molecule has 5 aliphatic carbocycles. The highest BCUT2D eigenvalue weighted by molar-refractivity contribution is 8.76. The number of allylic oxidation sites excluding steroid dienone is 1. The zero-order chi connectivity index (χ0) is 58.6. The number of aliphatic hydroxyl groups is 1. The highest BCUT2D eigenvalue weighted by Gasteiger charge is 2.66. The van der Waals surface area contributed by atoms with Crippen molar-refractivity contribution in [1.82, 2.24) is 5.32 Å². The lowest BCUT2D eigenvalue weighted by molar-refractivity contribution is -0.179. The van der Waals surface area contributed by atoms with E-state index in [0.29, 0.717) is 88.7 Å². The minimum absolute atomic E-state index is 0.00906. The number of phenolic OH excluding ortho intramolecular Hbond substituents is 3. The van der Waals surface area contributed by atoms with Gasteiger partial charge in [0.25, 0.3) is 0 Å². The first kappa shape index (κ1) is 57.5. The van der Waals surface area contributed by atoms with Crippen LogP contribution in [0.3, 0.4) is 0 Å². The Hall–Kier alpha value is -6.60. The van der Waals surface area contributed by atoms with Gasteiger partial charge >= 0.3 is 11.9 Å². The number of aromatic hydroxyl groups is 3.